The lowest BCUT2D eigenvalue weighted by molar-refractivity contribution is 0.589. The third kappa shape index (κ3) is 1.81. The van der Waals surface area contributed by atoms with Gasteiger partial charge in [0, 0.05) is 6.20 Å². The highest BCUT2D eigenvalue weighted by Gasteiger charge is 2.13. The molecule has 108 valence electrons. The van der Waals surface area contributed by atoms with Gasteiger partial charge in [-0.3, -0.25) is 14.9 Å². The van der Waals surface area contributed by atoms with Gasteiger partial charge in [0.1, 0.15) is 5.52 Å². The Morgan fingerprint density at radius 2 is 1.91 bits per heavy atom. The van der Waals surface area contributed by atoms with Crippen LogP contribution in [0.15, 0.2) is 47.4 Å². The van der Waals surface area contributed by atoms with Crippen molar-refractivity contribution in [3.63, 3.8) is 0 Å². The molecule has 22 heavy (non-hydrogen) atoms. The van der Waals surface area contributed by atoms with Gasteiger partial charge in [0.05, 0.1) is 22.1 Å². The average molecular weight is 294 g/mol. The Hall–Kier alpha value is -3.02. The molecule has 0 bridgehead atoms. The fraction of sp³-hybridized carbons (Fsp3) is 0.0625. The van der Waals surface area contributed by atoms with Gasteiger partial charge in [0.15, 0.2) is 0 Å². The average Bonchev–Trinajstić information content (AvgIpc) is 2.86. The molecule has 0 unspecified atom stereocenters. The predicted octanol–water partition coefficient (Wildman–Crippen LogP) is 2.71. The SMILES string of the molecule is Cc1ccc(-n2[nH]c3c(cnc4ccc(F)nc43)c2=O)cc1. The van der Waals surface area contributed by atoms with Gasteiger partial charge < -0.3 is 0 Å². The van der Waals surface area contributed by atoms with E-state index in [-0.39, 0.29) is 5.56 Å². The van der Waals surface area contributed by atoms with Crippen LogP contribution in [0.3, 0.4) is 0 Å². The topological polar surface area (TPSA) is 63.6 Å². The lowest BCUT2D eigenvalue weighted by Crippen LogP contribution is -2.14. The summed E-state index contributed by atoms with van der Waals surface area (Å²) in [6.07, 6.45) is 1.49. The Labute approximate surface area is 124 Å². The number of rotatable bonds is 1. The van der Waals surface area contributed by atoms with Crippen molar-refractivity contribution in [3.8, 4) is 5.69 Å². The Bertz CT molecular complexity index is 1060. The summed E-state index contributed by atoms with van der Waals surface area (Å²) in [4.78, 5) is 20.5. The minimum absolute atomic E-state index is 0.237. The number of aryl methyl sites for hydroxylation is 1. The van der Waals surface area contributed by atoms with Crippen LogP contribution in [0.2, 0.25) is 0 Å². The number of hydrogen-bond acceptors (Lipinski definition) is 3. The zero-order valence-corrected chi connectivity index (χ0v) is 11.7. The second-order valence-electron chi connectivity index (χ2n) is 5.14. The molecule has 3 aromatic heterocycles. The molecule has 4 rings (SSSR count). The van der Waals surface area contributed by atoms with Gasteiger partial charge in [0.2, 0.25) is 5.95 Å². The largest absolute Gasteiger partial charge is 0.288 e. The molecule has 0 atom stereocenters. The number of halogens is 1. The van der Waals surface area contributed by atoms with E-state index in [1.807, 2.05) is 31.2 Å². The van der Waals surface area contributed by atoms with Crippen molar-refractivity contribution in [2.24, 2.45) is 0 Å². The summed E-state index contributed by atoms with van der Waals surface area (Å²) in [5, 5.41) is 3.39. The van der Waals surface area contributed by atoms with E-state index in [9.17, 15) is 9.18 Å². The summed E-state index contributed by atoms with van der Waals surface area (Å²) < 4.78 is 14.8. The molecule has 0 saturated heterocycles. The van der Waals surface area contributed by atoms with E-state index >= 15 is 0 Å². The molecule has 0 aliphatic carbocycles. The lowest BCUT2D eigenvalue weighted by Gasteiger charge is -2.01. The van der Waals surface area contributed by atoms with Gasteiger partial charge in [-0.2, -0.15) is 4.39 Å². The zero-order chi connectivity index (χ0) is 15.3. The fourth-order valence-corrected chi connectivity index (χ4v) is 2.48. The zero-order valence-electron chi connectivity index (χ0n) is 11.7. The van der Waals surface area contributed by atoms with Crippen LogP contribution in [0, 0.1) is 12.9 Å². The predicted molar refractivity (Wildman–Crippen MR) is 81.7 cm³/mol. The Balaban J connectivity index is 2.07. The van der Waals surface area contributed by atoms with Crippen molar-refractivity contribution in [1.82, 2.24) is 19.7 Å². The van der Waals surface area contributed by atoms with Crippen molar-refractivity contribution < 1.29 is 4.39 Å². The van der Waals surface area contributed by atoms with E-state index in [4.69, 9.17) is 0 Å². The molecule has 0 amide bonds. The molecule has 0 spiro atoms. The van der Waals surface area contributed by atoms with E-state index in [0.29, 0.717) is 27.6 Å². The van der Waals surface area contributed by atoms with Crippen LogP contribution in [0.25, 0.3) is 27.6 Å². The summed E-state index contributed by atoms with van der Waals surface area (Å²) in [6, 6.07) is 10.3. The van der Waals surface area contributed by atoms with Crippen LogP contribution in [-0.4, -0.2) is 19.7 Å². The van der Waals surface area contributed by atoms with Gasteiger partial charge in [-0.1, -0.05) is 17.7 Å². The number of hydrogen-bond donors (Lipinski definition) is 1. The number of nitrogens with zero attached hydrogens (tertiary/aromatic N) is 3. The van der Waals surface area contributed by atoms with Gasteiger partial charge in [-0.05, 0) is 31.2 Å². The summed E-state index contributed by atoms with van der Waals surface area (Å²) in [5.74, 6) is -0.606. The van der Waals surface area contributed by atoms with Crippen molar-refractivity contribution in [2.45, 2.75) is 6.92 Å². The maximum Gasteiger partial charge on any atom is 0.280 e. The maximum atomic E-state index is 13.4. The molecular weight excluding hydrogens is 283 g/mol. The highest BCUT2D eigenvalue weighted by Crippen LogP contribution is 2.19. The van der Waals surface area contributed by atoms with Crippen LogP contribution >= 0.6 is 0 Å². The first-order chi connectivity index (χ1) is 10.6. The number of aromatic nitrogens is 4. The summed E-state index contributed by atoms with van der Waals surface area (Å²) >= 11 is 0. The molecule has 0 saturated carbocycles. The van der Waals surface area contributed by atoms with Gasteiger partial charge in [-0.25, -0.2) is 9.67 Å². The smallest absolute Gasteiger partial charge is 0.280 e. The number of aromatic amines is 1. The molecule has 0 fully saturated rings. The summed E-state index contributed by atoms with van der Waals surface area (Å²) in [7, 11) is 0. The third-order valence-electron chi connectivity index (χ3n) is 3.63. The Morgan fingerprint density at radius 1 is 1.14 bits per heavy atom. The van der Waals surface area contributed by atoms with Gasteiger partial charge >= 0.3 is 0 Å². The summed E-state index contributed by atoms with van der Waals surface area (Å²) in [6.45, 7) is 1.97. The van der Waals surface area contributed by atoms with Crippen molar-refractivity contribution in [2.75, 3.05) is 0 Å². The van der Waals surface area contributed by atoms with E-state index in [2.05, 4.69) is 15.1 Å². The minimum Gasteiger partial charge on any atom is -0.288 e. The molecule has 0 radical (unpaired) electrons. The lowest BCUT2D eigenvalue weighted by atomic mass is 10.2. The van der Waals surface area contributed by atoms with Crippen molar-refractivity contribution in [3.05, 3.63) is 64.5 Å². The molecular formula is C16H11FN4O. The van der Waals surface area contributed by atoms with E-state index in [1.165, 1.54) is 16.9 Å². The molecule has 3 heterocycles. The monoisotopic (exact) mass is 294 g/mol. The normalized spacial score (nSPS) is 11.4. The first kappa shape index (κ1) is 12.7. The Kier molecular flexibility index (Phi) is 2.59. The fourth-order valence-electron chi connectivity index (χ4n) is 2.48. The number of fused-ring (bicyclic) bond motifs is 3. The minimum atomic E-state index is -0.606. The molecule has 4 aromatic rings. The quantitative estimate of drug-likeness (QED) is 0.549. The van der Waals surface area contributed by atoms with Crippen LogP contribution in [0.1, 0.15) is 5.56 Å². The van der Waals surface area contributed by atoms with Crippen molar-refractivity contribution in [1.29, 1.82) is 0 Å². The summed E-state index contributed by atoms with van der Waals surface area (Å²) in [5.41, 5.74) is 2.93. The number of pyridine rings is 2. The third-order valence-corrected chi connectivity index (χ3v) is 3.63. The molecule has 5 nitrogen and oxygen atoms in total. The van der Waals surface area contributed by atoms with Crippen LogP contribution in [0.4, 0.5) is 4.39 Å². The molecule has 0 aliphatic heterocycles. The molecule has 0 aliphatic rings. The molecule has 1 aromatic carbocycles. The highest BCUT2D eigenvalue weighted by molar-refractivity contribution is 6.00. The highest BCUT2D eigenvalue weighted by atomic mass is 19.1. The second kappa shape index (κ2) is 4.49. The van der Waals surface area contributed by atoms with Gasteiger partial charge in [0.25, 0.3) is 5.56 Å². The van der Waals surface area contributed by atoms with E-state index in [0.717, 1.165) is 5.56 Å². The Morgan fingerprint density at radius 3 is 2.68 bits per heavy atom. The van der Waals surface area contributed by atoms with Crippen LogP contribution in [0.5, 0.6) is 0 Å². The maximum absolute atomic E-state index is 13.4. The van der Waals surface area contributed by atoms with Crippen LogP contribution in [-0.2, 0) is 0 Å². The number of H-pyrrole nitrogens is 1. The first-order valence-corrected chi connectivity index (χ1v) is 6.76. The van der Waals surface area contributed by atoms with E-state index in [1.54, 1.807) is 6.07 Å². The molecule has 6 heteroatoms. The standard InChI is InChI=1S/C16H11FN4O/c1-9-2-4-10(5-3-9)21-16(22)11-8-18-12-6-7-13(17)19-15(12)14(11)20-21/h2-8,20H,1H3. The van der Waals surface area contributed by atoms with Crippen LogP contribution < -0.4 is 5.56 Å². The number of nitrogens with one attached hydrogen (secondary N) is 1. The second-order valence-corrected chi connectivity index (χ2v) is 5.14. The molecule has 1 N–H and O–H groups in total. The van der Waals surface area contributed by atoms with E-state index < -0.39 is 5.95 Å². The number of benzene rings is 1. The van der Waals surface area contributed by atoms with Gasteiger partial charge in [-0.15, -0.1) is 0 Å². The first-order valence-electron chi connectivity index (χ1n) is 6.76. The van der Waals surface area contributed by atoms with Crippen molar-refractivity contribution >= 4 is 21.9 Å².